The van der Waals surface area contributed by atoms with E-state index < -0.39 is 0 Å². The van der Waals surface area contributed by atoms with Gasteiger partial charge in [0.1, 0.15) is 12.4 Å². The van der Waals surface area contributed by atoms with Gasteiger partial charge < -0.3 is 24.3 Å². The zero-order chi connectivity index (χ0) is 21.9. The molecule has 2 amide bonds. The van der Waals surface area contributed by atoms with Crippen LogP contribution >= 0.6 is 0 Å². The molecule has 0 atom stereocenters. The molecule has 0 spiro atoms. The molecule has 166 valence electrons. The fraction of sp³-hybridized carbons (Fsp3) is 0.360. The van der Waals surface area contributed by atoms with Crippen LogP contribution in [-0.2, 0) is 22.5 Å². The van der Waals surface area contributed by atoms with Crippen molar-refractivity contribution in [1.82, 2.24) is 14.8 Å². The SMILES string of the molecule is O=C(CCc1ccc2c(c1)CN(C(=O)c1cccc3[nH]ccc13)CCO2)N1CCOCC1. The first-order chi connectivity index (χ1) is 15.7. The second kappa shape index (κ2) is 9.04. The van der Waals surface area contributed by atoms with E-state index in [1.165, 1.54) is 0 Å². The molecule has 1 N–H and O–H groups in total. The number of hydrogen-bond donors (Lipinski definition) is 1. The number of H-pyrrole nitrogens is 1. The molecule has 2 aliphatic heterocycles. The third-order valence-electron chi connectivity index (χ3n) is 6.21. The van der Waals surface area contributed by atoms with Gasteiger partial charge in [-0.15, -0.1) is 0 Å². The van der Waals surface area contributed by atoms with Crippen molar-refractivity contribution < 1.29 is 19.1 Å². The number of nitrogens with zero attached hydrogens (tertiary/aromatic N) is 2. The van der Waals surface area contributed by atoms with Crippen LogP contribution in [0.2, 0.25) is 0 Å². The van der Waals surface area contributed by atoms with E-state index in [9.17, 15) is 9.59 Å². The number of rotatable bonds is 4. The molecule has 1 saturated heterocycles. The van der Waals surface area contributed by atoms with Gasteiger partial charge in [-0.05, 0) is 36.2 Å². The summed E-state index contributed by atoms with van der Waals surface area (Å²) in [5.41, 5.74) is 3.71. The molecule has 0 aliphatic carbocycles. The summed E-state index contributed by atoms with van der Waals surface area (Å²) in [6.07, 6.45) is 2.99. The first kappa shape index (κ1) is 20.6. The van der Waals surface area contributed by atoms with Crippen LogP contribution in [0.4, 0.5) is 0 Å². The highest BCUT2D eigenvalue weighted by Gasteiger charge is 2.23. The summed E-state index contributed by atoms with van der Waals surface area (Å²) in [6, 6.07) is 13.7. The second-order valence-corrected chi connectivity index (χ2v) is 8.25. The van der Waals surface area contributed by atoms with E-state index in [2.05, 4.69) is 11.1 Å². The van der Waals surface area contributed by atoms with Gasteiger partial charge in [-0.25, -0.2) is 0 Å². The fourth-order valence-corrected chi connectivity index (χ4v) is 4.44. The largest absolute Gasteiger partial charge is 0.491 e. The van der Waals surface area contributed by atoms with E-state index in [0.29, 0.717) is 64.4 Å². The summed E-state index contributed by atoms with van der Waals surface area (Å²) in [4.78, 5) is 32.7. The lowest BCUT2D eigenvalue weighted by atomic mass is 10.0. The van der Waals surface area contributed by atoms with Crippen LogP contribution < -0.4 is 4.74 Å². The smallest absolute Gasteiger partial charge is 0.254 e. The normalized spacial score (nSPS) is 16.4. The van der Waals surface area contributed by atoms with Gasteiger partial charge in [0, 0.05) is 54.3 Å². The van der Waals surface area contributed by atoms with E-state index in [1.54, 1.807) is 0 Å². The number of nitrogens with one attached hydrogen (secondary N) is 1. The molecule has 1 fully saturated rings. The van der Waals surface area contributed by atoms with Crippen molar-refractivity contribution in [3.8, 4) is 5.75 Å². The highest BCUT2D eigenvalue weighted by molar-refractivity contribution is 6.06. The molecule has 7 nitrogen and oxygen atoms in total. The molecule has 0 radical (unpaired) electrons. The quantitative estimate of drug-likeness (QED) is 0.687. The van der Waals surface area contributed by atoms with Crippen molar-refractivity contribution in [3.05, 3.63) is 65.4 Å². The molecule has 5 rings (SSSR count). The summed E-state index contributed by atoms with van der Waals surface area (Å²) in [6.45, 7) is 4.03. The number of fused-ring (bicyclic) bond motifs is 2. The first-order valence-electron chi connectivity index (χ1n) is 11.1. The molecule has 3 heterocycles. The molecule has 0 bridgehead atoms. The van der Waals surface area contributed by atoms with Crippen LogP contribution in [0.1, 0.15) is 27.9 Å². The van der Waals surface area contributed by atoms with Crippen LogP contribution in [0.5, 0.6) is 5.75 Å². The van der Waals surface area contributed by atoms with Crippen molar-refractivity contribution >= 4 is 22.7 Å². The van der Waals surface area contributed by atoms with E-state index in [-0.39, 0.29) is 11.8 Å². The third kappa shape index (κ3) is 4.21. The Labute approximate surface area is 186 Å². The van der Waals surface area contributed by atoms with Crippen LogP contribution in [0.15, 0.2) is 48.7 Å². The second-order valence-electron chi connectivity index (χ2n) is 8.25. The Morgan fingerprint density at radius 3 is 2.69 bits per heavy atom. The highest BCUT2D eigenvalue weighted by Crippen LogP contribution is 2.27. The Bertz CT molecular complexity index is 1130. The molecule has 32 heavy (non-hydrogen) atoms. The monoisotopic (exact) mass is 433 g/mol. The molecular formula is C25H27N3O4. The first-order valence-corrected chi connectivity index (χ1v) is 11.1. The summed E-state index contributed by atoms with van der Waals surface area (Å²) in [7, 11) is 0. The Hall–Kier alpha value is -3.32. The van der Waals surface area contributed by atoms with Gasteiger partial charge in [-0.2, -0.15) is 0 Å². The Morgan fingerprint density at radius 1 is 0.969 bits per heavy atom. The van der Waals surface area contributed by atoms with Gasteiger partial charge in [0.15, 0.2) is 0 Å². The standard InChI is InChI=1S/C25H27N3O4/c29-24(27-10-13-31-14-11-27)7-5-18-4-6-23-19(16-18)17-28(12-15-32-23)25(30)21-2-1-3-22-20(21)8-9-26-22/h1-4,6,8-9,16,26H,5,7,10-15,17H2. The lowest BCUT2D eigenvalue weighted by Crippen LogP contribution is -2.40. The maximum atomic E-state index is 13.3. The predicted octanol–water partition coefficient (Wildman–Crippen LogP) is 2.99. The van der Waals surface area contributed by atoms with Gasteiger partial charge in [0.25, 0.3) is 5.91 Å². The lowest BCUT2D eigenvalue weighted by Gasteiger charge is -2.26. The van der Waals surface area contributed by atoms with Crippen LogP contribution in [0, 0.1) is 0 Å². The number of ether oxygens (including phenoxy) is 2. The third-order valence-corrected chi connectivity index (χ3v) is 6.21. The van der Waals surface area contributed by atoms with Crippen molar-refractivity contribution in [2.45, 2.75) is 19.4 Å². The van der Waals surface area contributed by atoms with Crippen LogP contribution in [0.3, 0.4) is 0 Å². The molecule has 7 heteroatoms. The predicted molar refractivity (Wildman–Crippen MR) is 121 cm³/mol. The van der Waals surface area contributed by atoms with E-state index >= 15 is 0 Å². The lowest BCUT2D eigenvalue weighted by molar-refractivity contribution is -0.135. The fourth-order valence-electron chi connectivity index (χ4n) is 4.44. The van der Waals surface area contributed by atoms with Crippen LogP contribution in [0.25, 0.3) is 10.9 Å². The molecule has 0 unspecified atom stereocenters. The summed E-state index contributed by atoms with van der Waals surface area (Å²) in [5, 5.41) is 0.929. The summed E-state index contributed by atoms with van der Waals surface area (Å²) >= 11 is 0. The van der Waals surface area contributed by atoms with Gasteiger partial charge in [0.05, 0.1) is 19.8 Å². The maximum absolute atomic E-state index is 13.3. The van der Waals surface area contributed by atoms with Crippen molar-refractivity contribution in [1.29, 1.82) is 0 Å². The van der Waals surface area contributed by atoms with E-state index in [1.807, 2.05) is 52.4 Å². The van der Waals surface area contributed by atoms with Crippen molar-refractivity contribution in [3.63, 3.8) is 0 Å². The van der Waals surface area contributed by atoms with Crippen molar-refractivity contribution in [2.24, 2.45) is 0 Å². The van der Waals surface area contributed by atoms with E-state index in [0.717, 1.165) is 27.8 Å². The average molecular weight is 434 g/mol. The van der Waals surface area contributed by atoms with E-state index in [4.69, 9.17) is 9.47 Å². The molecule has 1 aromatic heterocycles. The minimum atomic E-state index is -0.000418. The number of amides is 2. The summed E-state index contributed by atoms with van der Waals surface area (Å²) in [5.74, 6) is 0.971. The summed E-state index contributed by atoms with van der Waals surface area (Å²) < 4.78 is 11.2. The number of benzene rings is 2. The zero-order valence-corrected chi connectivity index (χ0v) is 18.0. The molecular weight excluding hydrogens is 406 g/mol. The Balaban J connectivity index is 1.30. The molecule has 2 aliphatic rings. The molecule has 0 saturated carbocycles. The van der Waals surface area contributed by atoms with Gasteiger partial charge in [0.2, 0.25) is 5.91 Å². The minimum Gasteiger partial charge on any atom is -0.491 e. The number of carbonyl (C=O) groups is 2. The number of hydrogen-bond acceptors (Lipinski definition) is 4. The maximum Gasteiger partial charge on any atom is 0.254 e. The number of morpholine rings is 1. The number of aryl methyl sites for hydroxylation is 1. The highest BCUT2D eigenvalue weighted by atomic mass is 16.5. The average Bonchev–Trinajstić information content (AvgIpc) is 3.22. The zero-order valence-electron chi connectivity index (χ0n) is 18.0. The number of aromatic amines is 1. The molecule has 3 aromatic rings. The Kier molecular flexibility index (Phi) is 5.81. The number of aromatic nitrogens is 1. The molecule has 2 aromatic carbocycles. The topological polar surface area (TPSA) is 74.9 Å². The Morgan fingerprint density at radius 2 is 1.81 bits per heavy atom. The minimum absolute atomic E-state index is 0.000418. The van der Waals surface area contributed by atoms with Gasteiger partial charge in [-0.3, -0.25) is 9.59 Å². The van der Waals surface area contributed by atoms with Gasteiger partial charge >= 0.3 is 0 Å². The van der Waals surface area contributed by atoms with Gasteiger partial charge in [-0.1, -0.05) is 18.2 Å². The van der Waals surface area contributed by atoms with Crippen LogP contribution in [-0.4, -0.2) is 66.1 Å². The number of carbonyl (C=O) groups excluding carboxylic acids is 2. The van der Waals surface area contributed by atoms with Crippen molar-refractivity contribution in [2.75, 3.05) is 39.5 Å².